The van der Waals surface area contributed by atoms with E-state index in [1.807, 2.05) is 25.7 Å². The van der Waals surface area contributed by atoms with Gasteiger partial charge in [-0.25, -0.2) is 9.97 Å². The highest BCUT2D eigenvalue weighted by Crippen LogP contribution is 2.26. The van der Waals surface area contributed by atoms with Crippen molar-refractivity contribution >= 4 is 23.3 Å². The van der Waals surface area contributed by atoms with Gasteiger partial charge >= 0.3 is 0 Å². The Hall–Kier alpha value is -1.40. The molecule has 6 nitrogen and oxygen atoms in total. The summed E-state index contributed by atoms with van der Waals surface area (Å²) in [6.45, 7) is 9.03. The van der Waals surface area contributed by atoms with E-state index < -0.39 is 6.04 Å². The Bertz CT molecular complexity index is 536. The molecule has 1 N–H and O–H groups in total. The summed E-state index contributed by atoms with van der Waals surface area (Å²) in [7, 11) is 0. The number of anilines is 1. The molecule has 1 aromatic rings. The van der Waals surface area contributed by atoms with Crippen LogP contribution in [0.25, 0.3) is 0 Å². The lowest BCUT2D eigenvalue weighted by molar-refractivity contribution is -0.125. The van der Waals surface area contributed by atoms with E-state index in [1.165, 1.54) is 0 Å². The summed E-state index contributed by atoms with van der Waals surface area (Å²) < 4.78 is 5.46. The Morgan fingerprint density at radius 3 is 2.81 bits per heavy atom. The summed E-state index contributed by atoms with van der Waals surface area (Å²) in [4.78, 5) is 22.9. The average Bonchev–Trinajstić information content (AvgIpc) is 2.42. The van der Waals surface area contributed by atoms with Crippen LogP contribution in [0.15, 0.2) is 0 Å². The summed E-state index contributed by atoms with van der Waals surface area (Å²) in [6.07, 6.45) is 0. The molecular weight excluding hydrogens is 292 g/mol. The van der Waals surface area contributed by atoms with E-state index in [0.29, 0.717) is 36.6 Å². The molecule has 1 unspecified atom stereocenters. The van der Waals surface area contributed by atoms with Crippen molar-refractivity contribution in [1.29, 1.82) is 0 Å². The summed E-state index contributed by atoms with van der Waals surface area (Å²) in [6, 6.07) is -0.316. The SMILES string of the molecule is Cc1nc(Cl)c(C)c(N2CCOCC2C(=O)NC(C)C)n1. The molecular formula is C14H21ClN4O2. The molecule has 1 atom stereocenters. The highest BCUT2D eigenvalue weighted by Gasteiger charge is 2.32. The Balaban J connectivity index is 2.33. The number of nitrogens with zero attached hydrogens (tertiary/aromatic N) is 3. The molecule has 0 bridgehead atoms. The first-order valence-electron chi connectivity index (χ1n) is 7.05. The van der Waals surface area contributed by atoms with Gasteiger partial charge in [-0.2, -0.15) is 0 Å². The number of hydrogen-bond acceptors (Lipinski definition) is 5. The van der Waals surface area contributed by atoms with Crippen molar-refractivity contribution in [2.24, 2.45) is 0 Å². The number of amides is 1. The Morgan fingerprint density at radius 1 is 1.43 bits per heavy atom. The number of carbonyl (C=O) groups is 1. The Labute approximate surface area is 129 Å². The van der Waals surface area contributed by atoms with Crippen molar-refractivity contribution in [2.45, 2.75) is 39.8 Å². The van der Waals surface area contributed by atoms with E-state index >= 15 is 0 Å². The van der Waals surface area contributed by atoms with E-state index in [9.17, 15) is 4.79 Å². The van der Waals surface area contributed by atoms with Crippen LogP contribution in [0.2, 0.25) is 5.15 Å². The van der Waals surface area contributed by atoms with Gasteiger partial charge in [0.05, 0.1) is 13.2 Å². The van der Waals surface area contributed by atoms with Crippen LogP contribution in [0.3, 0.4) is 0 Å². The van der Waals surface area contributed by atoms with Crippen LogP contribution in [-0.4, -0.2) is 47.7 Å². The van der Waals surface area contributed by atoms with Crippen molar-refractivity contribution in [3.8, 4) is 0 Å². The van der Waals surface area contributed by atoms with Crippen LogP contribution in [0.1, 0.15) is 25.2 Å². The zero-order valence-corrected chi connectivity index (χ0v) is 13.6. The van der Waals surface area contributed by atoms with E-state index in [0.717, 1.165) is 5.56 Å². The molecule has 1 saturated heterocycles. The maximum absolute atomic E-state index is 12.4. The lowest BCUT2D eigenvalue weighted by Crippen LogP contribution is -2.55. The van der Waals surface area contributed by atoms with Crippen molar-refractivity contribution in [3.05, 3.63) is 16.5 Å². The lowest BCUT2D eigenvalue weighted by Gasteiger charge is -2.36. The van der Waals surface area contributed by atoms with E-state index in [1.54, 1.807) is 6.92 Å². The minimum atomic E-state index is -0.398. The molecule has 0 spiro atoms. The van der Waals surface area contributed by atoms with Crippen LogP contribution in [0.4, 0.5) is 5.82 Å². The molecule has 0 saturated carbocycles. The smallest absolute Gasteiger partial charge is 0.245 e. The van der Waals surface area contributed by atoms with Gasteiger partial charge < -0.3 is 15.0 Å². The van der Waals surface area contributed by atoms with Gasteiger partial charge in [-0.3, -0.25) is 4.79 Å². The number of aromatic nitrogens is 2. The molecule has 1 aliphatic heterocycles. The second kappa shape index (κ2) is 6.58. The van der Waals surface area contributed by atoms with Crippen LogP contribution >= 0.6 is 11.6 Å². The zero-order chi connectivity index (χ0) is 15.6. The van der Waals surface area contributed by atoms with E-state index in [-0.39, 0.29) is 11.9 Å². The fraction of sp³-hybridized carbons (Fsp3) is 0.643. The first kappa shape index (κ1) is 16.0. The van der Waals surface area contributed by atoms with Gasteiger partial charge in [-0.15, -0.1) is 0 Å². The molecule has 7 heteroatoms. The summed E-state index contributed by atoms with van der Waals surface area (Å²) >= 11 is 6.14. The number of morpholine rings is 1. The fourth-order valence-electron chi connectivity index (χ4n) is 2.32. The molecule has 2 heterocycles. The number of carbonyl (C=O) groups excluding carboxylic acids is 1. The van der Waals surface area contributed by atoms with Crippen LogP contribution < -0.4 is 10.2 Å². The number of aryl methyl sites for hydroxylation is 1. The van der Waals surface area contributed by atoms with E-state index in [2.05, 4.69) is 15.3 Å². The predicted octanol–water partition coefficient (Wildman–Crippen LogP) is 1.48. The van der Waals surface area contributed by atoms with E-state index in [4.69, 9.17) is 16.3 Å². The van der Waals surface area contributed by atoms with Gasteiger partial charge in [-0.1, -0.05) is 11.6 Å². The topological polar surface area (TPSA) is 67.4 Å². The van der Waals surface area contributed by atoms with Gasteiger partial charge in [0.25, 0.3) is 0 Å². The number of nitrogens with one attached hydrogen (secondary N) is 1. The molecule has 1 amide bonds. The standard InChI is InChI=1S/C14H21ClN4O2/c1-8(2)16-14(20)11-7-21-6-5-19(11)13-9(3)12(15)17-10(4)18-13/h8,11H,5-7H2,1-4H3,(H,16,20). The maximum atomic E-state index is 12.4. The Morgan fingerprint density at radius 2 is 2.14 bits per heavy atom. The lowest BCUT2D eigenvalue weighted by atomic mass is 10.1. The molecule has 1 aliphatic rings. The molecule has 116 valence electrons. The van der Waals surface area contributed by atoms with Crippen molar-refractivity contribution in [2.75, 3.05) is 24.7 Å². The third kappa shape index (κ3) is 3.63. The van der Waals surface area contributed by atoms with Crippen LogP contribution in [0, 0.1) is 13.8 Å². The van der Waals surface area contributed by atoms with Crippen LogP contribution in [0.5, 0.6) is 0 Å². The normalized spacial score (nSPS) is 19.0. The number of rotatable bonds is 3. The zero-order valence-electron chi connectivity index (χ0n) is 12.8. The first-order chi connectivity index (χ1) is 9.90. The minimum Gasteiger partial charge on any atom is -0.377 e. The third-order valence-electron chi connectivity index (χ3n) is 3.31. The maximum Gasteiger partial charge on any atom is 0.245 e. The van der Waals surface area contributed by atoms with Gasteiger partial charge in [-0.05, 0) is 27.7 Å². The van der Waals surface area contributed by atoms with Gasteiger partial charge in [0, 0.05) is 18.2 Å². The molecule has 0 aromatic carbocycles. The highest BCUT2D eigenvalue weighted by molar-refractivity contribution is 6.30. The van der Waals surface area contributed by atoms with Gasteiger partial charge in [0.2, 0.25) is 5.91 Å². The third-order valence-corrected chi connectivity index (χ3v) is 3.67. The first-order valence-corrected chi connectivity index (χ1v) is 7.43. The highest BCUT2D eigenvalue weighted by atomic mass is 35.5. The molecule has 1 aromatic heterocycles. The van der Waals surface area contributed by atoms with Crippen molar-refractivity contribution < 1.29 is 9.53 Å². The fourth-order valence-corrected chi connectivity index (χ4v) is 2.52. The summed E-state index contributed by atoms with van der Waals surface area (Å²) in [5.74, 6) is 1.24. The monoisotopic (exact) mass is 312 g/mol. The predicted molar refractivity (Wildman–Crippen MR) is 81.7 cm³/mol. The number of halogens is 1. The van der Waals surface area contributed by atoms with Crippen molar-refractivity contribution in [1.82, 2.24) is 15.3 Å². The van der Waals surface area contributed by atoms with Gasteiger partial charge in [0.1, 0.15) is 22.8 Å². The number of ether oxygens (including phenoxy) is 1. The minimum absolute atomic E-state index is 0.0588. The quantitative estimate of drug-likeness (QED) is 0.856. The summed E-state index contributed by atoms with van der Waals surface area (Å²) in [5, 5.41) is 3.35. The largest absolute Gasteiger partial charge is 0.377 e. The second-order valence-corrected chi connectivity index (χ2v) is 5.82. The van der Waals surface area contributed by atoms with Crippen molar-refractivity contribution in [3.63, 3.8) is 0 Å². The average molecular weight is 313 g/mol. The molecule has 2 rings (SSSR count). The molecule has 0 aliphatic carbocycles. The van der Waals surface area contributed by atoms with Crippen LogP contribution in [-0.2, 0) is 9.53 Å². The number of hydrogen-bond donors (Lipinski definition) is 1. The van der Waals surface area contributed by atoms with Gasteiger partial charge in [0.15, 0.2) is 0 Å². The molecule has 1 fully saturated rings. The molecule has 21 heavy (non-hydrogen) atoms. The molecule has 0 radical (unpaired) electrons. The second-order valence-electron chi connectivity index (χ2n) is 5.46. The Kier molecular flexibility index (Phi) is 5.00. The summed E-state index contributed by atoms with van der Waals surface area (Å²) in [5.41, 5.74) is 0.784.